The summed E-state index contributed by atoms with van der Waals surface area (Å²) in [6.07, 6.45) is 5.08. The van der Waals surface area contributed by atoms with Gasteiger partial charge in [-0.25, -0.2) is 9.97 Å². The van der Waals surface area contributed by atoms with E-state index in [1.165, 1.54) is 0 Å². The molecule has 118 valence electrons. The van der Waals surface area contributed by atoms with Gasteiger partial charge in [-0.1, -0.05) is 29.8 Å². The van der Waals surface area contributed by atoms with E-state index in [2.05, 4.69) is 31.7 Å². The normalized spacial score (nSPS) is 11.1. The molecule has 0 unspecified atom stereocenters. The van der Waals surface area contributed by atoms with E-state index in [0.717, 1.165) is 33.4 Å². The zero-order valence-corrected chi connectivity index (χ0v) is 14.3. The fourth-order valence-electron chi connectivity index (χ4n) is 3.01. The summed E-state index contributed by atoms with van der Waals surface area (Å²) in [6, 6.07) is 11.9. The molecule has 0 radical (unpaired) electrons. The van der Waals surface area contributed by atoms with Gasteiger partial charge in [0.1, 0.15) is 0 Å². The lowest BCUT2D eigenvalue weighted by atomic mass is 10.0. The maximum atomic E-state index is 6.15. The SMILES string of the molecule is Cn1c(-c2cncc(Cl)c2)c(-c2ccnc(Cl)n2)c2ccccc21. The average Bonchev–Trinajstić information content (AvgIpc) is 2.88. The van der Waals surface area contributed by atoms with Gasteiger partial charge in [0.25, 0.3) is 0 Å². The first-order valence-electron chi connectivity index (χ1n) is 7.32. The lowest BCUT2D eigenvalue weighted by molar-refractivity contribution is 0.976. The highest BCUT2D eigenvalue weighted by Crippen LogP contribution is 2.39. The van der Waals surface area contributed by atoms with Crippen LogP contribution in [0.3, 0.4) is 0 Å². The lowest BCUT2D eigenvalue weighted by Crippen LogP contribution is -1.94. The van der Waals surface area contributed by atoms with E-state index in [0.29, 0.717) is 5.02 Å². The minimum absolute atomic E-state index is 0.218. The molecule has 0 fully saturated rings. The molecule has 0 aliphatic carbocycles. The molecule has 0 saturated heterocycles. The molecule has 6 heteroatoms. The van der Waals surface area contributed by atoms with Crippen LogP contribution in [-0.4, -0.2) is 19.5 Å². The Morgan fingerprint density at radius 1 is 1.04 bits per heavy atom. The Morgan fingerprint density at radius 2 is 1.88 bits per heavy atom. The van der Waals surface area contributed by atoms with Crippen LogP contribution in [0.5, 0.6) is 0 Å². The Kier molecular flexibility index (Phi) is 3.71. The van der Waals surface area contributed by atoms with E-state index in [1.807, 2.05) is 31.3 Å². The van der Waals surface area contributed by atoms with E-state index in [1.54, 1.807) is 18.6 Å². The van der Waals surface area contributed by atoms with Gasteiger partial charge in [0.05, 0.1) is 16.4 Å². The number of aromatic nitrogens is 4. The van der Waals surface area contributed by atoms with Gasteiger partial charge in [0.2, 0.25) is 5.28 Å². The molecule has 3 aromatic heterocycles. The zero-order chi connectivity index (χ0) is 16.7. The van der Waals surface area contributed by atoms with Crippen molar-refractivity contribution in [3.8, 4) is 22.5 Å². The standard InChI is InChI=1S/C18H12Cl2N4/c1-24-15-5-3-2-4-13(15)16(14-6-7-22-18(20)23-14)17(24)11-8-12(19)10-21-9-11/h2-10H,1H3. The summed E-state index contributed by atoms with van der Waals surface area (Å²) in [7, 11) is 2.02. The Bertz CT molecular complexity index is 1060. The van der Waals surface area contributed by atoms with Crippen LogP contribution in [-0.2, 0) is 7.05 Å². The van der Waals surface area contributed by atoms with Crippen molar-refractivity contribution in [2.24, 2.45) is 7.05 Å². The molecule has 4 rings (SSSR count). The molecule has 0 saturated carbocycles. The molecule has 0 N–H and O–H groups in total. The van der Waals surface area contributed by atoms with Crippen molar-refractivity contribution < 1.29 is 0 Å². The number of nitrogens with zero attached hydrogens (tertiary/aromatic N) is 4. The third-order valence-electron chi connectivity index (χ3n) is 3.97. The fraction of sp³-hybridized carbons (Fsp3) is 0.0556. The topological polar surface area (TPSA) is 43.6 Å². The van der Waals surface area contributed by atoms with Crippen LogP contribution < -0.4 is 0 Å². The predicted octanol–water partition coefficient (Wildman–Crippen LogP) is 5.00. The summed E-state index contributed by atoms with van der Waals surface area (Å²) < 4.78 is 2.12. The van der Waals surface area contributed by atoms with Crippen molar-refractivity contribution in [3.05, 3.63) is 65.3 Å². The van der Waals surface area contributed by atoms with E-state index < -0.39 is 0 Å². The smallest absolute Gasteiger partial charge is 0.222 e. The van der Waals surface area contributed by atoms with Crippen LogP contribution in [0.1, 0.15) is 0 Å². The van der Waals surface area contributed by atoms with Gasteiger partial charge in [-0.2, -0.15) is 0 Å². The summed E-state index contributed by atoms with van der Waals surface area (Å²) in [5.41, 5.74) is 4.76. The quantitative estimate of drug-likeness (QED) is 0.475. The molecule has 24 heavy (non-hydrogen) atoms. The van der Waals surface area contributed by atoms with E-state index in [4.69, 9.17) is 23.2 Å². The molecular formula is C18H12Cl2N4. The zero-order valence-electron chi connectivity index (χ0n) is 12.7. The number of aryl methyl sites for hydroxylation is 1. The second-order valence-corrected chi connectivity index (χ2v) is 6.18. The van der Waals surface area contributed by atoms with Gasteiger partial charge < -0.3 is 4.57 Å². The lowest BCUT2D eigenvalue weighted by Gasteiger charge is -2.08. The molecular weight excluding hydrogens is 343 g/mol. The van der Waals surface area contributed by atoms with E-state index in [-0.39, 0.29) is 5.28 Å². The number of rotatable bonds is 2. The monoisotopic (exact) mass is 354 g/mol. The van der Waals surface area contributed by atoms with Crippen LogP contribution in [0.2, 0.25) is 10.3 Å². The molecule has 0 bridgehead atoms. The van der Waals surface area contributed by atoms with Crippen LogP contribution in [0.15, 0.2) is 55.0 Å². The maximum Gasteiger partial charge on any atom is 0.222 e. The third-order valence-corrected chi connectivity index (χ3v) is 4.36. The van der Waals surface area contributed by atoms with E-state index >= 15 is 0 Å². The van der Waals surface area contributed by atoms with Crippen LogP contribution in [0, 0.1) is 0 Å². The van der Waals surface area contributed by atoms with Gasteiger partial charge in [-0.15, -0.1) is 0 Å². The molecule has 1 aromatic carbocycles. The molecule has 0 aliphatic heterocycles. The summed E-state index contributed by atoms with van der Waals surface area (Å²) in [5.74, 6) is 0. The maximum absolute atomic E-state index is 6.15. The molecule has 4 aromatic rings. The number of hydrogen-bond donors (Lipinski definition) is 0. The first-order valence-corrected chi connectivity index (χ1v) is 8.08. The Balaban J connectivity index is 2.13. The summed E-state index contributed by atoms with van der Waals surface area (Å²) in [5, 5.41) is 1.89. The molecule has 0 aliphatic rings. The molecule has 0 amide bonds. The first kappa shape index (κ1) is 15.1. The Hall–Kier alpha value is -2.43. The minimum Gasteiger partial charge on any atom is -0.343 e. The average molecular weight is 355 g/mol. The first-order chi connectivity index (χ1) is 11.6. The number of benzene rings is 1. The highest BCUT2D eigenvalue weighted by atomic mass is 35.5. The van der Waals surface area contributed by atoms with Crippen molar-refractivity contribution in [1.82, 2.24) is 19.5 Å². The molecule has 0 spiro atoms. The van der Waals surface area contributed by atoms with Gasteiger partial charge in [-0.3, -0.25) is 4.98 Å². The summed E-state index contributed by atoms with van der Waals surface area (Å²) in [4.78, 5) is 12.6. The highest BCUT2D eigenvalue weighted by Gasteiger charge is 2.19. The predicted molar refractivity (Wildman–Crippen MR) is 97.2 cm³/mol. The van der Waals surface area contributed by atoms with Crippen molar-refractivity contribution in [1.29, 1.82) is 0 Å². The second-order valence-electron chi connectivity index (χ2n) is 5.40. The van der Waals surface area contributed by atoms with Gasteiger partial charge in [-0.05, 0) is 29.8 Å². The summed E-state index contributed by atoms with van der Waals surface area (Å²) >= 11 is 12.2. The van der Waals surface area contributed by atoms with Crippen LogP contribution >= 0.6 is 23.2 Å². The number of hydrogen-bond acceptors (Lipinski definition) is 3. The molecule has 3 heterocycles. The molecule has 4 nitrogen and oxygen atoms in total. The van der Waals surface area contributed by atoms with Crippen molar-refractivity contribution in [3.63, 3.8) is 0 Å². The largest absolute Gasteiger partial charge is 0.343 e. The van der Waals surface area contributed by atoms with Gasteiger partial charge in [0.15, 0.2) is 0 Å². The Morgan fingerprint density at radius 3 is 2.67 bits per heavy atom. The van der Waals surface area contributed by atoms with Crippen molar-refractivity contribution in [2.75, 3.05) is 0 Å². The van der Waals surface area contributed by atoms with Gasteiger partial charge >= 0.3 is 0 Å². The fourth-order valence-corrected chi connectivity index (χ4v) is 3.33. The Labute approximate surface area is 148 Å². The second kappa shape index (κ2) is 5.89. The van der Waals surface area contributed by atoms with E-state index in [9.17, 15) is 0 Å². The number of para-hydroxylation sites is 1. The molecule has 0 atom stereocenters. The number of pyridine rings is 1. The minimum atomic E-state index is 0.218. The third kappa shape index (κ3) is 2.44. The number of fused-ring (bicyclic) bond motifs is 1. The van der Waals surface area contributed by atoms with Crippen LogP contribution in [0.4, 0.5) is 0 Å². The number of halogens is 2. The summed E-state index contributed by atoms with van der Waals surface area (Å²) in [6.45, 7) is 0. The highest BCUT2D eigenvalue weighted by molar-refractivity contribution is 6.30. The van der Waals surface area contributed by atoms with Crippen molar-refractivity contribution >= 4 is 34.1 Å². The van der Waals surface area contributed by atoms with Crippen LogP contribution in [0.25, 0.3) is 33.4 Å². The van der Waals surface area contributed by atoms with Crippen molar-refractivity contribution in [2.45, 2.75) is 0 Å². The van der Waals surface area contributed by atoms with Gasteiger partial charge in [0, 0.05) is 47.7 Å².